The number of rotatable bonds is 4. The molecule has 1 aliphatic rings. The molecule has 8 bridgehead atoms. The maximum Gasteiger partial charge on any atom is 0.0486 e. The molecule has 1 aliphatic heterocycles. The lowest BCUT2D eigenvalue weighted by Gasteiger charge is -2.14. The molecule has 4 aromatic heterocycles. The first-order chi connectivity index (χ1) is 39.6. The molecule has 5 heterocycles. The molecule has 0 saturated carbocycles. The summed E-state index contributed by atoms with van der Waals surface area (Å²) in [6.07, 6.45) is 0. The van der Waals surface area contributed by atoms with Crippen molar-refractivity contribution in [3.8, 4) is 0 Å². The summed E-state index contributed by atoms with van der Waals surface area (Å²) in [5.74, 6) is 0. The summed E-state index contributed by atoms with van der Waals surface area (Å²) in [4.78, 5) is 16.5. The minimum absolute atomic E-state index is 1.01. The van der Waals surface area contributed by atoms with Crippen LogP contribution in [0.25, 0.3) is 108 Å². The van der Waals surface area contributed by atoms with Crippen LogP contribution in [0.15, 0.2) is 267 Å². The molecule has 0 radical (unpaired) electrons. The van der Waals surface area contributed by atoms with Crippen molar-refractivity contribution in [1.82, 2.24) is 19.9 Å². The summed E-state index contributed by atoms with van der Waals surface area (Å²) in [5, 5.41) is 23.2. The van der Waals surface area contributed by atoms with Crippen LogP contribution in [-0.2, 0) is 0 Å². The average molecular weight is 1020 g/mol. The van der Waals surface area contributed by atoms with Crippen molar-refractivity contribution < 1.29 is 0 Å². The van der Waals surface area contributed by atoms with Crippen molar-refractivity contribution in [3.63, 3.8) is 0 Å². The number of benzene rings is 12. The van der Waals surface area contributed by atoms with Crippen molar-refractivity contribution >= 4 is 108 Å². The third kappa shape index (κ3) is 7.02. The van der Waals surface area contributed by atoms with Gasteiger partial charge < -0.3 is 19.9 Å². The number of H-pyrrole nitrogens is 4. The third-order valence-electron chi connectivity index (χ3n) is 17.0. The Hall–Kier alpha value is -10.7. The minimum Gasteiger partial charge on any atom is -0.354 e. The second-order valence-corrected chi connectivity index (χ2v) is 21.5. The molecule has 0 saturated heterocycles. The van der Waals surface area contributed by atoms with E-state index in [0.29, 0.717) is 0 Å². The summed E-state index contributed by atoms with van der Waals surface area (Å²) in [5.41, 5.74) is 12.9. The van der Waals surface area contributed by atoms with Gasteiger partial charge in [-0.1, -0.05) is 170 Å². The van der Waals surface area contributed by atoms with E-state index in [-0.39, 0.29) is 0 Å². The van der Waals surface area contributed by atoms with Gasteiger partial charge in [0.2, 0.25) is 0 Å². The molecule has 16 aromatic rings. The molecule has 0 atom stereocenters. The summed E-state index contributed by atoms with van der Waals surface area (Å²) in [7, 11) is 0. The second kappa shape index (κ2) is 17.4. The van der Waals surface area contributed by atoms with E-state index in [2.05, 4.69) is 287 Å². The molecular weight excluding hydrogens is 969 g/mol. The van der Waals surface area contributed by atoms with E-state index in [1.54, 1.807) is 0 Å². The fraction of sp³-hybridized carbons (Fsp3) is 0. The Labute approximate surface area is 459 Å². The zero-order valence-corrected chi connectivity index (χ0v) is 43.4. The highest BCUT2D eigenvalue weighted by atomic mass is 14.8. The van der Waals surface area contributed by atoms with Crippen LogP contribution in [0.5, 0.6) is 0 Å². The Bertz CT molecular complexity index is 4880. The van der Waals surface area contributed by atoms with Gasteiger partial charge in [-0.05, 0) is 205 Å². The molecule has 0 aliphatic carbocycles. The quantitative estimate of drug-likeness (QED) is 0.127. The lowest BCUT2D eigenvalue weighted by Crippen LogP contribution is -2.19. The highest BCUT2D eigenvalue weighted by Gasteiger charge is 2.22. The summed E-state index contributed by atoms with van der Waals surface area (Å²) in [6.45, 7) is 0. The lowest BCUT2D eigenvalue weighted by molar-refractivity contribution is 1.19. The highest BCUT2D eigenvalue weighted by Crippen LogP contribution is 2.38. The first-order valence-electron chi connectivity index (χ1n) is 27.5. The summed E-state index contributed by atoms with van der Waals surface area (Å²) in [6, 6.07) is 98.7. The maximum absolute atomic E-state index is 4.13. The van der Waals surface area contributed by atoms with Gasteiger partial charge in [-0.3, -0.25) is 0 Å². The summed E-state index contributed by atoms with van der Waals surface area (Å²) >= 11 is 0. The Morgan fingerprint density at radius 2 is 0.375 bits per heavy atom. The molecular formula is C76H48N4. The van der Waals surface area contributed by atoms with E-state index in [1.807, 2.05) is 0 Å². The lowest BCUT2D eigenvalue weighted by atomic mass is 9.94. The topological polar surface area (TPSA) is 63.2 Å². The van der Waals surface area contributed by atoms with Gasteiger partial charge in [0, 0.05) is 66.5 Å². The molecule has 0 spiro atoms. The largest absolute Gasteiger partial charge is 0.354 e. The van der Waals surface area contributed by atoms with Gasteiger partial charge in [-0.15, -0.1) is 0 Å². The van der Waals surface area contributed by atoms with E-state index in [4.69, 9.17) is 0 Å². The third-order valence-corrected chi connectivity index (χ3v) is 17.0. The highest BCUT2D eigenvalue weighted by molar-refractivity contribution is 6.09. The predicted molar refractivity (Wildman–Crippen MR) is 334 cm³/mol. The van der Waals surface area contributed by atoms with Crippen molar-refractivity contribution in [2.75, 3.05) is 0 Å². The molecule has 4 N–H and O–H groups in total. The number of aromatic nitrogens is 4. The molecule has 0 fully saturated rings. The first kappa shape index (κ1) is 44.4. The van der Waals surface area contributed by atoms with Crippen molar-refractivity contribution in [1.29, 1.82) is 0 Å². The van der Waals surface area contributed by atoms with Crippen LogP contribution in [0, 0.1) is 0 Å². The van der Waals surface area contributed by atoms with E-state index in [0.717, 1.165) is 88.7 Å². The van der Waals surface area contributed by atoms with Crippen molar-refractivity contribution in [2.45, 2.75) is 0 Å². The van der Waals surface area contributed by atoms with Gasteiger partial charge in [-0.25, -0.2) is 0 Å². The Morgan fingerprint density at radius 1 is 0.163 bits per heavy atom. The van der Waals surface area contributed by atoms with Gasteiger partial charge in [0.05, 0.1) is 0 Å². The minimum atomic E-state index is 1.01. The number of fused-ring (bicyclic) bond motifs is 16. The molecule has 80 heavy (non-hydrogen) atoms. The van der Waals surface area contributed by atoms with E-state index >= 15 is 0 Å². The molecule has 0 amide bonds. The Balaban J connectivity index is 1.03. The van der Waals surface area contributed by atoms with Crippen LogP contribution in [0.2, 0.25) is 0 Å². The number of nitrogens with one attached hydrogen (secondary N) is 4. The smallest absolute Gasteiger partial charge is 0.0486 e. The number of hydrogen-bond donors (Lipinski definition) is 4. The molecule has 4 heteroatoms. The van der Waals surface area contributed by atoms with Gasteiger partial charge in [0.15, 0.2) is 0 Å². The van der Waals surface area contributed by atoms with Crippen molar-refractivity contribution in [2.24, 2.45) is 0 Å². The van der Waals surface area contributed by atoms with Gasteiger partial charge in [0.1, 0.15) is 0 Å². The molecule has 4 nitrogen and oxygen atoms in total. The van der Waals surface area contributed by atoms with E-state index in [9.17, 15) is 0 Å². The fourth-order valence-electron chi connectivity index (χ4n) is 13.2. The van der Waals surface area contributed by atoms with E-state index in [1.165, 1.54) is 86.2 Å². The van der Waals surface area contributed by atoms with Crippen LogP contribution < -0.4 is 21.4 Å². The van der Waals surface area contributed by atoms with Crippen LogP contribution in [0.4, 0.5) is 0 Å². The SMILES string of the molecule is c1ccc2cc3c(C4=c5ccc([nH]5)=C(c5cccc6cc7ccccc7cc56)c5ccc([nH]5)C(c5cccc6cc7ccccc7cc56)=c5ccc([nH]5)=C(c5cccc6cc7ccccc7cc56)c5ccc4[nH]5)cccc3cc2c1. The molecule has 0 unspecified atom stereocenters. The van der Waals surface area contributed by atoms with Gasteiger partial charge in [0.25, 0.3) is 0 Å². The van der Waals surface area contributed by atoms with Crippen LogP contribution in [-0.4, -0.2) is 19.9 Å². The van der Waals surface area contributed by atoms with Gasteiger partial charge >= 0.3 is 0 Å². The zero-order chi connectivity index (χ0) is 52.4. The Kier molecular flexibility index (Phi) is 9.68. The second-order valence-electron chi connectivity index (χ2n) is 21.5. The standard InChI is InChI=1S/C76H48N4/c1-5-17-49-41-61-53(37-45(49)13-1)21-9-25-57(61)73-65-29-31-67(77-65)74(58-26-10-22-54-38-46-14-2-6-18-50(46)42-62(54)58)69-33-35-71(79-69)76(60-28-12-24-56-40-48-16-4-8-20-52(48)44-64(56)60)72-36-34-70(80-72)75(68-32-30-66(73)78-68)59-27-11-23-55-39-47-15-3-7-19-51(47)43-63(55)59/h1-44,77-80H. The molecule has 372 valence electrons. The first-order valence-corrected chi connectivity index (χ1v) is 27.5. The Morgan fingerprint density at radius 3 is 0.613 bits per heavy atom. The monoisotopic (exact) mass is 1020 g/mol. The zero-order valence-electron chi connectivity index (χ0n) is 43.4. The predicted octanol–water partition coefficient (Wildman–Crippen LogP) is 15.5. The summed E-state index contributed by atoms with van der Waals surface area (Å²) < 4.78 is 0. The fourth-order valence-corrected chi connectivity index (χ4v) is 13.2. The van der Waals surface area contributed by atoms with Crippen LogP contribution in [0.1, 0.15) is 45.0 Å². The van der Waals surface area contributed by atoms with E-state index < -0.39 is 0 Å². The average Bonchev–Trinajstić information content (AvgIpc) is 4.39. The number of aromatic amines is 4. The van der Waals surface area contributed by atoms with Gasteiger partial charge in [-0.2, -0.15) is 0 Å². The van der Waals surface area contributed by atoms with Crippen molar-refractivity contribution in [3.05, 3.63) is 333 Å². The maximum atomic E-state index is 4.13. The number of hydrogen-bond acceptors (Lipinski definition) is 0. The van der Waals surface area contributed by atoms with Crippen LogP contribution in [0.3, 0.4) is 0 Å². The molecule has 12 aromatic carbocycles. The van der Waals surface area contributed by atoms with Crippen LogP contribution >= 0.6 is 0 Å². The normalized spacial score (nSPS) is 12.9. The molecule has 17 rings (SSSR count).